The lowest BCUT2D eigenvalue weighted by molar-refractivity contribution is -0.132. The fourth-order valence-electron chi connectivity index (χ4n) is 3.06. The van der Waals surface area contributed by atoms with Crippen LogP contribution in [0.2, 0.25) is 0 Å². The lowest BCUT2D eigenvalue weighted by atomic mass is 9.97. The number of aromatic nitrogens is 3. The summed E-state index contributed by atoms with van der Waals surface area (Å²) in [6.07, 6.45) is 2.04. The summed E-state index contributed by atoms with van der Waals surface area (Å²) >= 11 is 0. The van der Waals surface area contributed by atoms with Crippen LogP contribution in [0.5, 0.6) is 0 Å². The standard InChI is InChI=1S/C16H17FN4O3/c1-10-6-12(11-2-4-13(17)5-3-11)7-21(10)15(22)9-20-8-14(16(23)24)18-19-20/h2-5,8,10,12H,6-7,9H2,1H3,(H,23,24). The molecule has 1 N–H and O–H groups in total. The number of amides is 1. The van der Waals surface area contributed by atoms with Crippen LogP contribution >= 0.6 is 0 Å². The van der Waals surface area contributed by atoms with Crippen molar-refractivity contribution < 1.29 is 19.1 Å². The van der Waals surface area contributed by atoms with Crippen LogP contribution in [0.4, 0.5) is 4.39 Å². The molecular formula is C16H17FN4O3. The van der Waals surface area contributed by atoms with E-state index in [9.17, 15) is 14.0 Å². The minimum Gasteiger partial charge on any atom is -0.476 e. The first-order chi connectivity index (χ1) is 11.4. The number of carbonyl (C=O) groups is 2. The monoisotopic (exact) mass is 332 g/mol. The van der Waals surface area contributed by atoms with E-state index in [1.165, 1.54) is 23.0 Å². The summed E-state index contributed by atoms with van der Waals surface area (Å²) in [6.45, 7) is 2.46. The van der Waals surface area contributed by atoms with E-state index < -0.39 is 5.97 Å². The molecule has 0 bridgehead atoms. The van der Waals surface area contributed by atoms with Crippen molar-refractivity contribution in [1.82, 2.24) is 19.9 Å². The molecule has 1 aromatic heterocycles. The molecule has 2 unspecified atom stereocenters. The first-order valence-corrected chi connectivity index (χ1v) is 7.62. The minimum absolute atomic E-state index is 0.0509. The fraction of sp³-hybridized carbons (Fsp3) is 0.375. The SMILES string of the molecule is CC1CC(c2ccc(F)cc2)CN1C(=O)Cn1cc(C(=O)O)nn1. The van der Waals surface area contributed by atoms with Gasteiger partial charge >= 0.3 is 5.97 Å². The molecule has 0 spiro atoms. The third-order valence-electron chi connectivity index (χ3n) is 4.29. The number of likely N-dealkylation sites (tertiary alicyclic amines) is 1. The van der Waals surface area contributed by atoms with E-state index in [2.05, 4.69) is 10.3 Å². The highest BCUT2D eigenvalue weighted by Crippen LogP contribution is 2.31. The van der Waals surface area contributed by atoms with Gasteiger partial charge in [0.2, 0.25) is 5.91 Å². The van der Waals surface area contributed by atoms with Crippen LogP contribution in [-0.2, 0) is 11.3 Å². The average Bonchev–Trinajstić information content (AvgIpc) is 3.15. The van der Waals surface area contributed by atoms with Gasteiger partial charge in [-0.3, -0.25) is 4.79 Å². The van der Waals surface area contributed by atoms with E-state index in [4.69, 9.17) is 5.11 Å². The Bertz CT molecular complexity index is 759. The predicted octanol–water partition coefficient (Wildman–Crippen LogP) is 1.52. The fourth-order valence-corrected chi connectivity index (χ4v) is 3.06. The zero-order valence-corrected chi connectivity index (χ0v) is 13.1. The van der Waals surface area contributed by atoms with E-state index >= 15 is 0 Å². The van der Waals surface area contributed by atoms with Gasteiger partial charge < -0.3 is 10.0 Å². The molecule has 1 fully saturated rings. The van der Waals surface area contributed by atoms with E-state index in [1.54, 1.807) is 17.0 Å². The Morgan fingerprint density at radius 2 is 2.04 bits per heavy atom. The van der Waals surface area contributed by atoms with E-state index in [1.807, 2.05) is 6.92 Å². The zero-order valence-electron chi connectivity index (χ0n) is 13.1. The molecule has 0 radical (unpaired) electrons. The van der Waals surface area contributed by atoms with Gasteiger partial charge in [-0.15, -0.1) is 5.10 Å². The van der Waals surface area contributed by atoms with Crippen molar-refractivity contribution in [3.63, 3.8) is 0 Å². The number of carboxylic acids is 1. The Balaban J connectivity index is 1.66. The van der Waals surface area contributed by atoms with Crippen LogP contribution in [0.3, 0.4) is 0 Å². The predicted molar refractivity (Wildman–Crippen MR) is 81.9 cm³/mol. The van der Waals surface area contributed by atoms with Gasteiger partial charge in [0.1, 0.15) is 12.4 Å². The summed E-state index contributed by atoms with van der Waals surface area (Å²) in [5, 5.41) is 16.0. The Hall–Kier alpha value is -2.77. The number of carboxylic acid groups (broad SMARTS) is 1. The van der Waals surface area contributed by atoms with Crippen molar-refractivity contribution in [2.45, 2.75) is 31.8 Å². The number of hydrogen-bond donors (Lipinski definition) is 1. The van der Waals surface area contributed by atoms with Gasteiger partial charge in [-0.1, -0.05) is 17.3 Å². The third kappa shape index (κ3) is 3.27. The highest BCUT2D eigenvalue weighted by atomic mass is 19.1. The number of halogens is 1. The second-order valence-corrected chi connectivity index (χ2v) is 5.99. The zero-order chi connectivity index (χ0) is 17.3. The Morgan fingerprint density at radius 3 is 2.67 bits per heavy atom. The number of nitrogens with zero attached hydrogens (tertiary/aromatic N) is 4. The summed E-state index contributed by atoms with van der Waals surface area (Å²) in [7, 11) is 0. The largest absolute Gasteiger partial charge is 0.476 e. The van der Waals surface area contributed by atoms with Crippen LogP contribution in [0.25, 0.3) is 0 Å². The summed E-state index contributed by atoms with van der Waals surface area (Å²) < 4.78 is 14.3. The van der Waals surface area contributed by atoms with Crippen molar-refractivity contribution in [3.8, 4) is 0 Å². The van der Waals surface area contributed by atoms with Gasteiger partial charge in [0, 0.05) is 18.5 Å². The van der Waals surface area contributed by atoms with Crippen LogP contribution in [0, 0.1) is 5.82 Å². The number of rotatable bonds is 4. The van der Waals surface area contributed by atoms with Gasteiger partial charge in [-0.05, 0) is 31.0 Å². The highest BCUT2D eigenvalue weighted by molar-refractivity contribution is 5.84. The van der Waals surface area contributed by atoms with Gasteiger partial charge in [0.15, 0.2) is 5.69 Å². The van der Waals surface area contributed by atoms with Crippen molar-refractivity contribution in [2.75, 3.05) is 6.54 Å². The van der Waals surface area contributed by atoms with Gasteiger partial charge in [0.25, 0.3) is 0 Å². The maximum absolute atomic E-state index is 13.0. The van der Waals surface area contributed by atoms with Crippen LogP contribution in [0.1, 0.15) is 35.3 Å². The summed E-state index contributed by atoms with van der Waals surface area (Å²) in [5.41, 5.74) is 0.814. The quantitative estimate of drug-likeness (QED) is 0.917. The second kappa shape index (κ2) is 6.38. The van der Waals surface area contributed by atoms with E-state index in [0.717, 1.165) is 12.0 Å². The van der Waals surface area contributed by atoms with Crippen molar-refractivity contribution in [2.24, 2.45) is 0 Å². The summed E-state index contributed by atoms with van der Waals surface area (Å²) in [5.74, 6) is -1.44. The normalized spacial score (nSPS) is 20.3. The number of benzene rings is 1. The molecule has 0 saturated carbocycles. The van der Waals surface area contributed by atoms with E-state index in [-0.39, 0.29) is 35.9 Å². The summed E-state index contributed by atoms with van der Waals surface area (Å²) in [6, 6.07) is 6.39. The first kappa shape index (κ1) is 16.1. The van der Waals surface area contributed by atoms with Crippen LogP contribution in [-0.4, -0.2) is 49.5 Å². The molecule has 2 atom stereocenters. The van der Waals surface area contributed by atoms with E-state index in [0.29, 0.717) is 6.54 Å². The molecule has 1 amide bonds. The van der Waals surface area contributed by atoms with Gasteiger partial charge in [0.05, 0.1) is 6.20 Å². The molecule has 7 nitrogen and oxygen atoms in total. The smallest absolute Gasteiger partial charge is 0.358 e. The van der Waals surface area contributed by atoms with Crippen molar-refractivity contribution >= 4 is 11.9 Å². The maximum atomic E-state index is 13.0. The molecule has 1 aromatic carbocycles. The first-order valence-electron chi connectivity index (χ1n) is 7.62. The lowest BCUT2D eigenvalue weighted by Gasteiger charge is -2.21. The Kier molecular flexibility index (Phi) is 4.28. The average molecular weight is 332 g/mol. The highest BCUT2D eigenvalue weighted by Gasteiger charge is 2.33. The number of carbonyl (C=O) groups excluding carboxylic acids is 1. The molecule has 1 saturated heterocycles. The molecule has 126 valence electrons. The minimum atomic E-state index is -1.18. The molecule has 1 aliphatic rings. The van der Waals surface area contributed by atoms with Crippen molar-refractivity contribution in [1.29, 1.82) is 0 Å². The molecular weight excluding hydrogens is 315 g/mol. The second-order valence-electron chi connectivity index (χ2n) is 5.99. The number of aromatic carboxylic acids is 1. The molecule has 2 heterocycles. The molecule has 1 aliphatic heterocycles. The lowest BCUT2D eigenvalue weighted by Crippen LogP contribution is -2.36. The maximum Gasteiger partial charge on any atom is 0.358 e. The molecule has 2 aromatic rings. The Morgan fingerprint density at radius 1 is 1.33 bits per heavy atom. The van der Waals surface area contributed by atoms with Crippen LogP contribution < -0.4 is 0 Å². The number of hydrogen-bond acceptors (Lipinski definition) is 4. The van der Waals surface area contributed by atoms with Crippen LogP contribution in [0.15, 0.2) is 30.5 Å². The molecule has 8 heteroatoms. The third-order valence-corrected chi connectivity index (χ3v) is 4.29. The van der Waals surface area contributed by atoms with Gasteiger partial charge in [-0.25, -0.2) is 13.9 Å². The molecule has 24 heavy (non-hydrogen) atoms. The van der Waals surface area contributed by atoms with Gasteiger partial charge in [-0.2, -0.15) is 0 Å². The Labute approximate surface area is 137 Å². The molecule has 3 rings (SSSR count). The summed E-state index contributed by atoms with van der Waals surface area (Å²) in [4.78, 5) is 25.0. The topological polar surface area (TPSA) is 88.3 Å². The molecule has 0 aliphatic carbocycles. The van der Waals surface area contributed by atoms with Crippen molar-refractivity contribution in [3.05, 3.63) is 47.5 Å².